The van der Waals surface area contributed by atoms with Crippen molar-refractivity contribution in [1.82, 2.24) is 10.2 Å². The fourth-order valence-corrected chi connectivity index (χ4v) is 2.55. The van der Waals surface area contributed by atoms with Gasteiger partial charge in [-0.3, -0.25) is 4.79 Å². The van der Waals surface area contributed by atoms with Crippen LogP contribution in [0.1, 0.15) is 24.4 Å². The zero-order valence-electron chi connectivity index (χ0n) is 14.7. The summed E-state index contributed by atoms with van der Waals surface area (Å²) in [6.45, 7) is 0.938. The summed E-state index contributed by atoms with van der Waals surface area (Å²) in [5, 5.41) is 2.92. The van der Waals surface area contributed by atoms with Gasteiger partial charge in [-0.05, 0) is 50.3 Å². The first-order valence-corrected chi connectivity index (χ1v) is 8.42. The Morgan fingerprint density at radius 3 is 2.60 bits per heavy atom. The number of benzene rings is 2. The topological polar surface area (TPSA) is 41.6 Å². The molecule has 1 atom stereocenters. The maximum atomic E-state index is 13.4. The Labute approximate surface area is 148 Å². The molecule has 0 fully saturated rings. The zero-order chi connectivity index (χ0) is 18.1. The van der Waals surface area contributed by atoms with Crippen molar-refractivity contribution in [3.8, 4) is 5.75 Å². The molecule has 0 heterocycles. The van der Waals surface area contributed by atoms with Crippen molar-refractivity contribution in [3.63, 3.8) is 0 Å². The van der Waals surface area contributed by atoms with Gasteiger partial charge in [-0.15, -0.1) is 0 Å². The molecule has 0 spiro atoms. The Kier molecular flexibility index (Phi) is 7.41. The molecule has 2 aromatic rings. The van der Waals surface area contributed by atoms with Crippen LogP contribution in [0.3, 0.4) is 0 Å². The average Bonchev–Trinajstić information content (AvgIpc) is 2.59. The summed E-state index contributed by atoms with van der Waals surface area (Å²) < 4.78 is 19.0. The molecule has 2 aromatic carbocycles. The van der Waals surface area contributed by atoms with E-state index in [2.05, 4.69) is 5.32 Å². The molecule has 1 unspecified atom stereocenters. The highest BCUT2D eigenvalue weighted by atomic mass is 19.1. The Balaban J connectivity index is 1.73. The molecule has 0 saturated heterocycles. The highest BCUT2D eigenvalue weighted by Crippen LogP contribution is 2.18. The number of hydrogen-bond acceptors (Lipinski definition) is 3. The molecule has 0 aliphatic carbocycles. The lowest BCUT2D eigenvalue weighted by atomic mass is 10.1. The summed E-state index contributed by atoms with van der Waals surface area (Å²) in [6, 6.07) is 15.9. The molecule has 5 heteroatoms. The number of halogens is 1. The first-order chi connectivity index (χ1) is 12.1. The van der Waals surface area contributed by atoms with Crippen molar-refractivity contribution in [2.24, 2.45) is 0 Å². The molecule has 0 aliphatic rings. The van der Waals surface area contributed by atoms with Crippen LogP contribution in [0.25, 0.3) is 0 Å². The van der Waals surface area contributed by atoms with Crippen molar-refractivity contribution in [2.45, 2.75) is 18.9 Å². The second-order valence-electron chi connectivity index (χ2n) is 6.10. The van der Waals surface area contributed by atoms with E-state index in [1.807, 2.05) is 55.4 Å². The lowest BCUT2D eigenvalue weighted by Crippen LogP contribution is -2.34. The number of carbonyl (C=O) groups excluding carboxylic acids is 1. The first-order valence-electron chi connectivity index (χ1n) is 8.42. The van der Waals surface area contributed by atoms with Gasteiger partial charge in [-0.25, -0.2) is 4.39 Å². The second-order valence-corrected chi connectivity index (χ2v) is 6.10. The minimum Gasteiger partial charge on any atom is -0.494 e. The Morgan fingerprint density at radius 1 is 1.16 bits per heavy atom. The van der Waals surface area contributed by atoms with Crippen molar-refractivity contribution in [1.29, 1.82) is 0 Å². The Bertz CT molecular complexity index is 662. The van der Waals surface area contributed by atoms with Crippen LogP contribution >= 0.6 is 0 Å². The van der Waals surface area contributed by atoms with Gasteiger partial charge in [-0.1, -0.05) is 30.3 Å². The van der Waals surface area contributed by atoms with Gasteiger partial charge in [0.2, 0.25) is 5.91 Å². The van der Waals surface area contributed by atoms with Crippen molar-refractivity contribution >= 4 is 5.91 Å². The zero-order valence-corrected chi connectivity index (χ0v) is 14.7. The molecule has 2 rings (SSSR count). The van der Waals surface area contributed by atoms with E-state index in [4.69, 9.17) is 4.74 Å². The molecule has 4 nitrogen and oxygen atoms in total. The van der Waals surface area contributed by atoms with E-state index in [1.165, 1.54) is 12.1 Å². The molecule has 0 radical (unpaired) electrons. The monoisotopic (exact) mass is 344 g/mol. The number of carbonyl (C=O) groups is 1. The van der Waals surface area contributed by atoms with Crippen LogP contribution in [-0.2, 0) is 4.79 Å². The molecule has 0 aliphatic heterocycles. The maximum Gasteiger partial charge on any atom is 0.220 e. The van der Waals surface area contributed by atoms with E-state index in [1.54, 1.807) is 6.07 Å². The van der Waals surface area contributed by atoms with Gasteiger partial charge in [0.05, 0.1) is 12.6 Å². The SMILES string of the molecule is CN(C)C(CNC(=O)CCCOc1ccccc1)c1cccc(F)c1. The van der Waals surface area contributed by atoms with Gasteiger partial charge in [0, 0.05) is 13.0 Å². The lowest BCUT2D eigenvalue weighted by molar-refractivity contribution is -0.121. The van der Waals surface area contributed by atoms with Crippen LogP contribution in [0.2, 0.25) is 0 Å². The standard InChI is InChI=1S/C20H25FN2O2/c1-23(2)19(16-8-6-9-17(21)14-16)15-22-20(24)12-7-13-25-18-10-4-3-5-11-18/h3-6,8-11,14,19H,7,12-13,15H2,1-2H3,(H,22,24). The molecule has 25 heavy (non-hydrogen) atoms. The van der Waals surface area contributed by atoms with E-state index in [-0.39, 0.29) is 17.8 Å². The predicted molar refractivity (Wildman–Crippen MR) is 97.0 cm³/mol. The third kappa shape index (κ3) is 6.55. The second kappa shape index (κ2) is 9.79. The van der Waals surface area contributed by atoms with E-state index < -0.39 is 0 Å². The highest BCUT2D eigenvalue weighted by molar-refractivity contribution is 5.75. The van der Waals surface area contributed by atoms with Gasteiger partial charge >= 0.3 is 0 Å². The van der Waals surface area contributed by atoms with Crippen molar-refractivity contribution < 1.29 is 13.9 Å². The average molecular weight is 344 g/mol. The van der Waals surface area contributed by atoms with E-state index >= 15 is 0 Å². The molecule has 0 saturated carbocycles. The molecule has 1 N–H and O–H groups in total. The highest BCUT2D eigenvalue weighted by Gasteiger charge is 2.15. The first kappa shape index (κ1) is 18.9. The number of hydrogen-bond donors (Lipinski definition) is 1. The molecular formula is C20H25FN2O2. The number of amides is 1. The third-order valence-electron chi connectivity index (χ3n) is 3.91. The minimum atomic E-state index is -0.270. The third-order valence-corrected chi connectivity index (χ3v) is 3.91. The summed E-state index contributed by atoms with van der Waals surface area (Å²) >= 11 is 0. The van der Waals surface area contributed by atoms with Gasteiger partial charge in [0.15, 0.2) is 0 Å². The summed E-state index contributed by atoms with van der Waals surface area (Å²) in [5.74, 6) is 0.510. The van der Waals surface area contributed by atoms with Gasteiger partial charge < -0.3 is 15.0 Å². The van der Waals surface area contributed by atoms with Crippen LogP contribution in [0, 0.1) is 5.82 Å². The maximum absolute atomic E-state index is 13.4. The van der Waals surface area contributed by atoms with E-state index in [9.17, 15) is 9.18 Å². The molecule has 134 valence electrons. The number of rotatable bonds is 9. The van der Waals surface area contributed by atoms with E-state index in [0.717, 1.165) is 11.3 Å². The minimum absolute atomic E-state index is 0.0279. The number of nitrogens with one attached hydrogen (secondary N) is 1. The van der Waals surface area contributed by atoms with Gasteiger partial charge in [0.25, 0.3) is 0 Å². The molecular weight excluding hydrogens is 319 g/mol. The van der Waals surface area contributed by atoms with Crippen LogP contribution < -0.4 is 10.1 Å². The van der Waals surface area contributed by atoms with Crippen LogP contribution in [0.4, 0.5) is 4.39 Å². The number of ether oxygens (including phenoxy) is 1. The normalized spacial score (nSPS) is 12.0. The van der Waals surface area contributed by atoms with Crippen LogP contribution in [0.15, 0.2) is 54.6 Å². The Morgan fingerprint density at radius 2 is 1.92 bits per heavy atom. The number of para-hydroxylation sites is 1. The number of nitrogens with zero attached hydrogens (tertiary/aromatic N) is 1. The summed E-state index contributed by atoms with van der Waals surface area (Å²) in [7, 11) is 3.82. The van der Waals surface area contributed by atoms with Crippen LogP contribution in [0.5, 0.6) is 5.75 Å². The predicted octanol–water partition coefficient (Wildman–Crippen LogP) is 3.40. The van der Waals surface area contributed by atoms with Gasteiger partial charge in [-0.2, -0.15) is 0 Å². The van der Waals surface area contributed by atoms with E-state index in [0.29, 0.717) is 26.0 Å². The quantitative estimate of drug-likeness (QED) is 0.709. The summed E-state index contributed by atoms with van der Waals surface area (Å²) in [4.78, 5) is 14.0. The smallest absolute Gasteiger partial charge is 0.220 e. The fourth-order valence-electron chi connectivity index (χ4n) is 2.55. The molecule has 1 amide bonds. The lowest BCUT2D eigenvalue weighted by Gasteiger charge is -2.25. The fraction of sp³-hybridized carbons (Fsp3) is 0.350. The summed E-state index contributed by atoms with van der Waals surface area (Å²) in [5.41, 5.74) is 0.845. The Hall–Kier alpha value is -2.40. The van der Waals surface area contributed by atoms with Gasteiger partial charge in [0.1, 0.15) is 11.6 Å². The largest absolute Gasteiger partial charge is 0.494 e. The molecule has 0 aromatic heterocycles. The van der Waals surface area contributed by atoms with Crippen molar-refractivity contribution in [3.05, 3.63) is 66.0 Å². The molecule has 0 bridgehead atoms. The summed E-state index contributed by atoms with van der Waals surface area (Å²) in [6.07, 6.45) is 1.05. The van der Waals surface area contributed by atoms with Crippen molar-refractivity contribution in [2.75, 3.05) is 27.2 Å². The van der Waals surface area contributed by atoms with Crippen LogP contribution in [-0.4, -0.2) is 38.1 Å². The number of likely N-dealkylation sites (N-methyl/N-ethyl adjacent to an activating group) is 1.